The molecule has 1 saturated heterocycles. The van der Waals surface area contributed by atoms with Crippen molar-refractivity contribution in [3.8, 4) is 0 Å². The number of likely N-dealkylation sites (tertiary alicyclic amines) is 1. The third-order valence-electron chi connectivity index (χ3n) is 5.04. The van der Waals surface area contributed by atoms with Crippen LogP contribution in [0.3, 0.4) is 0 Å². The summed E-state index contributed by atoms with van der Waals surface area (Å²) in [6.07, 6.45) is 7.33. The van der Waals surface area contributed by atoms with Crippen molar-refractivity contribution in [3.05, 3.63) is 15.6 Å². The quantitative estimate of drug-likeness (QED) is 0.549. The van der Waals surface area contributed by atoms with E-state index < -0.39 is 0 Å². The summed E-state index contributed by atoms with van der Waals surface area (Å²) in [6.45, 7) is 10.8. The Morgan fingerprint density at radius 2 is 2.08 bits per heavy atom. The number of guanidine groups is 1. The first-order valence-corrected chi connectivity index (χ1v) is 10.6. The molecule has 0 saturated carbocycles. The number of nitrogens with one attached hydrogen (secondary N) is 2. The van der Waals surface area contributed by atoms with Crippen LogP contribution in [0.25, 0.3) is 0 Å². The van der Waals surface area contributed by atoms with Gasteiger partial charge in [0.05, 0.1) is 10.7 Å². The summed E-state index contributed by atoms with van der Waals surface area (Å²) in [5, 5.41) is 8.09. The molecular weight excluding hydrogens is 330 g/mol. The molecule has 1 aliphatic heterocycles. The summed E-state index contributed by atoms with van der Waals surface area (Å²) >= 11 is 1.82. The van der Waals surface area contributed by atoms with Gasteiger partial charge in [0.15, 0.2) is 5.96 Å². The van der Waals surface area contributed by atoms with Gasteiger partial charge in [0.1, 0.15) is 0 Å². The molecule has 1 unspecified atom stereocenters. The molecule has 0 amide bonds. The van der Waals surface area contributed by atoms with Crippen LogP contribution in [0.15, 0.2) is 4.99 Å². The van der Waals surface area contributed by atoms with Gasteiger partial charge in [0, 0.05) is 44.0 Å². The Labute approximate surface area is 157 Å². The van der Waals surface area contributed by atoms with Crippen molar-refractivity contribution in [2.75, 3.05) is 33.2 Å². The van der Waals surface area contributed by atoms with Crippen LogP contribution >= 0.6 is 11.3 Å². The minimum absolute atomic E-state index is 0.770. The second kappa shape index (κ2) is 10.8. The molecule has 1 aliphatic rings. The van der Waals surface area contributed by atoms with Crippen molar-refractivity contribution < 1.29 is 0 Å². The zero-order chi connectivity index (χ0) is 18.1. The van der Waals surface area contributed by atoms with Crippen LogP contribution in [0.5, 0.6) is 0 Å². The van der Waals surface area contributed by atoms with E-state index in [9.17, 15) is 0 Å². The molecule has 1 aromatic heterocycles. The SMILES string of the molecule is CCc1nc(CCNC(=NC)NCCN2CCCCC2CC)sc1C. The first-order chi connectivity index (χ1) is 12.2. The third-order valence-corrected chi connectivity index (χ3v) is 6.11. The highest BCUT2D eigenvalue weighted by atomic mass is 32.1. The van der Waals surface area contributed by atoms with E-state index in [1.807, 2.05) is 18.4 Å². The molecule has 0 spiro atoms. The molecule has 6 heteroatoms. The van der Waals surface area contributed by atoms with Crippen molar-refractivity contribution in [2.24, 2.45) is 4.99 Å². The minimum atomic E-state index is 0.770. The molecule has 2 heterocycles. The zero-order valence-corrected chi connectivity index (χ0v) is 17.2. The van der Waals surface area contributed by atoms with Gasteiger partial charge in [-0.1, -0.05) is 20.3 Å². The van der Waals surface area contributed by atoms with E-state index in [1.54, 1.807) is 0 Å². The van der Waals surface area contributed by atoms with E-state index in [0.717, 1.165) is 44.5 Å². The summed E-state index contributed by atoms with van der Waals surface area (Å²) in [6, 6.07) is 0.770. The number of thiazole rings is 1. The third kappa shape index (κ3) is 6.26. The number of aromatic nitrogens is 1. The summed E-state index contributed by atoms with van der Waals surface area (Å²) in [5.74, 6) is 0.897. The first-order valence-electron chi connectivity index (χ1n) is 9.81. The van der Waals surface area contributed by atoms with Gasteiger partial charge in [-0.15, -0.1) is 11.3 Å². The Morgan fingerprint density at radius 1 is 1.28 bits per heavy atom. The monoisotopic (exact) mass is 365 g/mol. The van der Waals surface area contributed by atoms with Gasteiger partial charge in [-0.05, 0) is 39.2 Å². The summed E-state index contributed by atoms with van der Waals surface area (Å²) in [5.41, 5.74) is 1.24. The first kappa shape index (κ1) is 20.2. The maximum absolute atomic E-state index is 4.70. The average Bonchev–Trinajstić information content (AvgIpc) is 3.00. The highest BCUT2D eigenvalue weighted by Crippen LogP contribution is 2.19. The van der Waals surface area contributed by atoms with E-state index in [1.165, 1.54) is 47.8 Å². The highest BCUT2D eigenvalue weighted by molar-refractivity contribution is 7.11. The fourth-order valence-electron chi connectivity index (χ4n) is 3.57. The van der Waals surface area contributed by atoms with Crippen LogP contribution in [0.1, 0.15) is 55.1 Å². The predicted molar refractivity (Wildman–Crippen MR) is 109 cm³/mol. The van der Waals surface area contributed by atoms with Crippen LogP contribution in [0.4, 0.5) is 0 Å². The smallest absolute Gasteiger partial charge is 0.191 e. The van der Waals surface area contributed by atoms with E-state index >= 15 is 0 Å². The van der Waals surface area contributed by atoms with Crippen LogP contribution < -0.4 is 10.6 Å². The van der Waals surface area contributed by atoms with Gasteiger partial charge >= 0.3 is 0 Å². The molecule has 0 radical (unpaired) electrons. The number of piperidine rings is 1. The molecule has 0 aromatic carbocycles. The van der Waals surface area contributed by atoms with Crippen molar-refractivity contribution >= 4 is 17.3 Å². The second-order valence-electron chi connectivity index (χ2n) is 6.73. The van der Waals surface area contributed by atoms with Gasteiger partial charge in [0.2, 0.25) is 0 Å². The maximum Gasteiger partial charge on any atom is 0.191 e. The van der Waals surface area contributed by atoms with Gasteiger partial charge in [-0.25, -0.2) is 4.98 Å². The topological polar surface area (TPSA) is 52.6 Å². The van der Waals surface area contributed by atoms with Crippen LogP contribution in [-0.2, 0) is 12.8 Å². The Hall–Kier alpha value is -1.14. The van der Waals surface area contributed by atoms with Crippen LogP contribution in [0.2, 0.25) is 0 Å². The Balaban J connectivity index is 1.68. The van der Waals surface area contributed by atoms with Crippen LogP contribution in [0, 0.1) is 6.92 Å². The highest BCUT2D eigenvalue weighted by Gasteiger charge is 2.19. The van der Waals surface area contributed by atoms with E-state index in [2.05, 4.69) is 41.3 Å². The van der Waals surface area contributed by atoms with E-state index in [4.69, 9.17) is 4.98 Å². The molecule has 0 aliphatic carbocycles. The van der Waals surface area contributed by atoms with Gasteiger partial charge < -0.3 is 10.6 Å². The number of rotatable bonds is 8. The van der Waals surface area contributed by atoms with Crippen molar-refractivity contribution in [1.29, 1.82) is 0 Å². The van der Waals surface area contributed by atoms with Crippen molar-refractivity contribution in [3.63, 3.8) is 0 Å². The fraction of sp³-hybridized carbons (Fsp3) is 0.789. The molecule has 0 bridgehead atoms. The average molecular weight is 366 g/mol. The number of aryl methyl sites for hydroxylation is 2. The van der Waals surface area contributed by atoms with E-state index in [-0.39, 0.29) is 0 Å². The molecule has 2 N–H and O–H groups in total. The van der Waals surface area contributed by atoms with Crippen LogP contribution in [-0.4, -0.2) is 55.1 Å². The lowest BCUT2D eigenvalue weighted by atomic mass is 10.0. The Bertz CT molecular complexity index is 540. The largest absolute Gasteiger partial charge is 0.356 e. The molecule has 5 nitrogen and oxygen atoms in total. The van der Waals surface area contributed by atoms with Gasteiger partial charge in [-0.3, -0.25) is 9.89 Å². The standard InChI is InChI=1S/C19H35N5S/c1-5-16-9-7-8-13-24(16)14-12-22-19(20-4)21-11-10-18-23-17(6-2)15(3)25-18/h16H,5-14H2,1-4H3,(H2,20,21,22). The number of hydrogen-bond acceptors (Lipinski definition) is 4. The Kier molecular flexibility index (Phi) is 8.68. The molecule has 2 rings (SSSR count). The molecule has 25 heavy (non-hydrogen) atoms. The predicted octanol–water partition coefficient (Wildman–Crippen LogP) is 2.99. The lowest BCUT2D eigenvalue weighted by molar-refractivity contribution is 0.147. The summed E-state index contributed by atoms with van der Waals surface area (Å²) in [7, 11) is 1.84. The normalized spacial score (nSPS) is 19.2. The Morgan fingerprint density at radius 3 is 2.76 bits per heavy atom. The fourth-order valence-corrected chi connectivity index (χ4v) is 4.59. The number of nitrogens with zero attached hydrogens (tertiary/aromatic N) is 3. The minimum Gasteiger partial charge on any atom is -0.356 e. The molecule has 1 atom stereocenters. The number of hydrogen-bond donors (Lipinski definition) is 2. The molecule has 142 valence electrons. The summed E-state index contributed by atoms with van der Waals surface area (Å²) in [4.78, 5) is 13.0. The lowest BCUT2D eigenvalue weighted by Crippen LogP contribution is -2.46. The van der Waals surface area contributed by atoms with Gasteiger partial charge in [0.25, 0.3) is 0 Å². The summed E-state index contributed by atoms with van der Waals surface area (Å²) < 4.78 is 0. The number of aliphatic imine (C=N–C) groups is 1. The second-order valence-corrected chi connectivity index (χ2v) is 8.02. The zero-order valence-electron chi connectivity index (χ0n) is 16.4. The molecule has 1 aromatic rings. The van der Waals surface area contributed by atoms with Crippen molar-refractivity contribution in [1.82, 2.24) is 20.5 Å². The van der Waals surface area contributed by atoms with E-state index in [0.29, 0.717) is 0 Å². The van der Waals surface area contributed by atoms with Crippen molar-refractivity contribution in [2.45, 2.75) is 65.3 Å². The maximum atomic E-state index is 4.70. The molecule has 1 fully saturated rings. The van der Waals surface area contributed by atoms with Gasteiger partial charge in [-0.2, -0.15) is 0 Å². The molecular formula is C19H35N5S. The lowest BCUT2D eigenvalue weighted by Gasteiger charge is -2.35.